The van der Waals surface area contributed by atoms with E-state index < -0.39 is 0 Å². The van der Waals surface area contributed by atoms with Gasteiger partial charge in [0.1, 0.15) is 16.9 Å². The fourth-order valence-corrected chi connectivity index (χ4v) is 3.76. The van der Waals surface area contributed by atoms with E-state index in [4.69, 9.17) is 4.42 Å². The van der Waals surface area contributed by atoms with Crippen LogP contribution >= 0.6 is 0 Å². The number of carbonyl (C=O) groups excluding carboxylic acids is 1. The number of carbonyl (C=O) groups is 1. The minimum absolute atomic E-state index is 0.0564. The first-order valence-corrected chi connectivity index (χ1v) is 9.40. The number of nitrogens with zero attached hydrogens (tertiary/aromatic N) is 4. The molecule has 0 unspecified atom stereocenters. The summed E-state index contributed by atoms with van der Waals surface area (Å²) in [6.45, 7) is 2.96. The Morgan fingerprint density at radius 1 is 1.18 bits per heavy atom. The van der Waals surface area contributed by atoms with Crippen molar-refractivity contribution in [2.24, 2.45) is 0 Å². The smallest absolute Gasteiger partial charge is 0.272 e. The van der Waals surface area contributed by atoms with E-state index in [0.29, 0.717) is 37.5 Å². The number of aromatic nitrogens is 3. The molecular formula is C21H20N4O3. The number of imidazole rings is 1. The van der Waals surface area contributed by atoms with E-state index >= 15 is 0 Å². The third kappa shape index (κ3) is 2.84. The highest BCUT2D eigenvalue weighted by Gasteiger charge is 2.24. The maximum Gasteiger partial charge on any atom is 0.272 e. The fraction of sp³-hybridized carbons (Fsp3) is 0.286. The summed E-state index contributed by atoms with van der Waals surface area (Å²) in [5, 5.41) is 9.68. The van der Waals surface area contributed by atoms with Gasteiger partial charge in [-0.2, -0.15) is 0 Å². The van der Waals surface area contributed by atoms with Gasteiger partial charge < -0.3 is 14.4 Å². The Labute approximate surface area is 161 Å². The van der Waals surface area contributed by atoms with Gasteiger partial charge in [0.2, 0.25) is 0 Å². The molecule has 1 aromatic carbocycles. The largest absolute Gasteiger partial charge is 0.441 e. The normalized spacial score (nSPS) is 15.6. The predicted octanol–water partition coefficient (Wildman–Crippen LogP) is 3.05. The minimum atomic E-state index is -0.312. The minimum Gasteiger partial charge on any atom is -0.441 e. The number of aryl methyl sites for hydroxylation is 1. The van der Waals surface area contributed by atoms with Crippen LogP contribution in [0.3, 0.4) is 0 Å². The van der Waals surface area contributed by atoms with Crippen molar-refractivity contribution in [3.05, 3.63) is 54.3 Å². The van der Waals surface area contributed by atoms with Crippen molar-refractivity contribution in [3.63, 3.8) is 0 Å². The number of benzene rings is 1. The maximum absolute atomic E-state index is 13.0. The lowest BCUT2D eigenvalue weighted by atomic mass is 10.1. The number of likely N-dealkylation sites (tertiary alicyclic amines) is 1. The summed E-state index contributed by atoms with van der Waals surface area (Å²) in [7, 11) is 0. The second-order valence-electron chi connectivity index (χ2n) is 7.23. The van der Waals surface area contributed by atoms with E-state index in [1.807, 2.05) is 47.9 Å². The Balaban J connectivity index is 1.53. The van der Waals surface area contributed by atoms with Crippen LogP contribution in [0.5, 0.6) is 0 Å². The summed E-state index contributed by atoms with van der Waals surface area (Å²) in [4.78, 5) is 23.5. The molecule has 0 saturated carbocycles. The number of aliphatic hydroxyl groups is 1. The molecule has 1 aliphatic heterocycles. The molecule has 7 nitrogen and oxygen atoms in total. The molecule has 142 valence electrons. The first-order valence-electron chi connectivity index (χ1n) is 9.40. The highest BCUT2D eigenvalue weighted by molar-refractivity contribution is 5.93. The van der Waals surface area contributed by atoms with Gasteiger partial charge in [-0.05, 0) is 48.2 Å². The molecule has 1 N–H and O–H groups in total. The fourth-order valence-electron chi connectivity index (χ4n) is 3.76. The molecule has 5 rings (SSSR count). The first-order chi connectivity index (χ1) is 13.6. The van der Waals surface area contributed by atoms with E-state index in [2.05, 4.69) is 9.97 Å². The highest BCUT2D eigenvalue weighted by Crippen LogP contribution is 2.26. The van der Waals surface area contributed by atoms with Crippen molar-refractivity contribution < 1.29 is 14.3 Å². The number of oxazole rings is 1. The molecule has 4 heterocycles. The van der Waals surface area contributed by atoms with Crippen LogP contribution in [-0.2, 0) is 0 Å². The van der Waals surface area contributed by atoms with Crippen LogP contribution in [0.4, 0.5) is 0 Å². The standard InChI is InChI=1S/C21H20N4O3/c1-13-23-17-10-14(2-4-19(17)28-13)15-3-5-20-22-11-18(25(20)12-15)21(27)24-8-6-16(26)7-9-24/h2-5,10-12,16,26H,6-9H2,1H3. The number of rotatable bonds is 2. The average molecular weight is 376 g/mol. The lowest BCUT2D eigenvalue weighted by Crippen LogP contribution is -2.40. The molecule has 4 aromatic rings. The Kier molecular flexibility index (Phi) is 3.91. The molecule has 1 amide bonds. The average Bonchev–Trinajstić information content (AvgIpc) is 3.29. The van der Waals surface area contributed by atoms with Crippen LogP contribution in [0, 0.1) is 6.92 Å². The Morgan fingerprint density at radius 3 is 2.79 bits per heavy atom. The lowest BCUT2D eigenvalue weighted by Gasteiger charge is -2.29. The number of hydrogen-bond donors (Lipinski definition) is 1. The zero-order chi connectivity index (χ0) is 19.3. The van der Waals surface area contributed by atoms with Crippen LogP contribution < -0.4 is 0 Å². The number of fused-ring (bicyclic) bond motifs is 2. The van der Waals surface area contributed by atoms with E-state index in [1.165, 1.54) is 0 Å². The number of hydrogen-bond acceptors (Lipinski definition) is 5. The van der Waals surface area contributed by atoms with E-state index in [1.54, 1.807) is 11.1 Å². The molecule has 0 radical (unpaired) electrons. The summed E-state index contributed by atoms with van der Waals surface area (Å²) in [6.07, 6.45) is 4.47. The van der Waals surface area contributed by atoms with Gasteiger partial charge in [-0.1, -0.05) is 6.07 Å². The molecule has 1 fully saturated rings. The van der Waals surface area contributed by atoms with Crippen LogP contribution in [0.1, 0.15) is 29.2 Å². The Bertz CT molecular complexity index is 1190. The van der Waals surface area contributed by atoms with Gasteiger partial charge in [0, 0.05) is 26.2 Å². The molecule has 0 bridgehead atoms. The molecule has 1 aliphatic rings. The summed E-state index contributed by atoms with van der Waals surface area (Å²) in [5.74, 6) is 0.580. The molecular weight excluding hydrogens is 356 g/mol. The quantitative estimate of drug-likeness (QED) is 0.581. The van der Waals surface area contributed by atoms with E-state index in [-0.39, 0.29) is 12.0 Å². The third-order valence-electron chi connectivity index (χ3n) is 5.30. The predicted molar refractivity (Wildman–Crippen MR) is 104 cm³/mol. The van der Waals surface area contributed by atoms with Gasteiger partial charge in [0.15, 0.2) is 11.5 Å². The second-order valence-corrected chi connectivity index (χ2v) is 7.23. The highest BCUT2D eigenvalue weighted by atomic mass is 16.3. The molecule has 28 heavy (non-hydrogen) atoms. The lowest BCUT2D eigenvalue weighted by molar-refractivity contribution is 0.0540. The molecule has 1 saturated heterocycles. The van der Waals surface area contributed by atoms with Gasteiger partial charge in [0.05, 0.1) is 12.3 Å². The Morgan fingerprint density at radius 2 is 1.96 bits per heavy atom. The number of aliphatic hydroxyl groups excluding tert-OH is 1. The zero-order valence-corrected chi connectivity index (χ0v) is 15.5. The van der Waals surface area contributed by atoms with Crippen molar-refractivity contribution in [2.45, 2.75) is 25.9 Å². The van der Waals surface area contributed by atoms with Crippen LogP contribution in [-0.4, -0.2) is 49.5 Å². The van der Waals surface area contributed by atoms with Gasteiger partial charge in [-0.3, -0.25) is 9.20 Å². The van der Waals surface area contributed by atoms with Gasteiger partial charge in [-0.15, -0.1) is 0 Å². The summed E-state index contributed by atoms with van der Waals surface area (Å²) >= 11 is 0. The first kappa shape index (κ1) is 16.9. The number of piperidine rings is 1. The molecule has 0 aliphatic carbocycles. The van der Waals surface area contributed by atoms with Gasteiger partial charge >= 0.3 is 0 Å². The van der Waals surface area contributed by atoms with E-state index in [9.17, 15) is 9.90 Å². The monoisotopic (exact) mass is 376 g/mol. The summed E-state index contributed by atoms with van der Waals surface area (Å²) in [5.41, 5.74) is 4.79. The van der Waals surface area contributed by atoms with Crippen LogP contribution in [0.25, 0.3) is 27.9 Å². The van der Waals surface area contributed by atoms with E-state index in [0.717, 1.165) is 27.9 Å². The SMILES string of the molecule is Cc1nc2cc(-c3ccc4ncc(C(=O)N5CCC(O)CC5)n4c3)ccc2o1. The topological polar surface area (TPSA) is 83.9 Å². The molecule has 0 atom stereocenters. The maximum atomic E-state index is 13.0. The summed E-state index contributed by atoms with van der Waals surface area (Å²) in [6, 6.07) is 9.77. The van der Waals surface area contributed by atoms with Crippen molar-refractivity contribution in [1.82, 2.24) is 19.3 Å². The van der Waals surface area contributed by atoms with Gasteiger partial charge in [0.25, 0.3) is 5.91 Å². The summed E-state index contributed by atoms with van der Waals surface area (Å²) < 4.78 is 7.38. The Hall–Kier alpha value is -3.19. The van der Waals surface area contributed by atoms with Crippen molar-refractivity contribution in [3.8, 4) is 11.1 Å². The number of pyridine rings is 1. The number of amides is 1. The second kappa shape index (κ2) is 6.45. The molecule has 0 spiro atoms. The molecule has 7 heteroatoms. The van der Waals surface area contributed by atoms with Crippen LogP contribution in [0.2, 0.25) is 0 Å². The van der Waals surface area contributed by atoms with Crippen molar-refractivity contribution in [2.75, 3.05) is 13.1 Å². The van der Waals surface area contributed by atoms with Gasteiger partial charge in [-0.25, -0.2) is 9.97 Å². The zero-order valence-electron chi connectivity index (χ0n) is 15.5. The van der Waals surface area contributed by atoms with Crippen LogP contribution in [0.15, 0.2) is 47.1 Å². The van der Waals surface area contributed by atoms with Crippen molar-refractivity contribution in [1.29, 1.82) is 0 Å². The third-order valence-corrected chi connectivity index (χ3v) is 5.30. The molecule has 3 aromatic heterocycles. The van der Waals surface area contributed by atoms with Crippen molar-refractivity contribution >= 4 is 22.7 Å².